The van der Waals surface area contributed by atoms with Crippen LogP contribution in [0.5, 0.6) is 0 Å². The zero-order chi connectivity index (χ0) is 17.4. The molecule has 4 N–H and O–H groups in total. The molecule has 0 aliphatic heterocycles. The monoisotopic (exact) mass is 340 g/mol. The molecule has 126 valence electrons. The summed E-state index contributed by atoms with van der Waals surface area (Å²) in [7, 11) is 1.31. The molecule has 0 aromatic rings. The highest BCUT2D eigenvalue weighted by atomic mass is 32.1. The van der Waals surface area contributed by atoms with Crippen molar-refractivity contribution in [1.82, 2.24) is 0 Å². The fourth-order valence-corrected chi connectivity index (χ4v) is 1.15. The Hall–Kier alpha value is -0.440. The van der Waals surface area contributed by atoms with Crippen molar-refractivity contribution in [3.05, 3.63) is 0 Å². The van der Waals surface area contributed by atoms with Gasteiger partial charge in [0.05, 0.1) is 13.7 Å². The molecule has 21 heavy (non-hydrogen) atoms. The Balaban J connectivity index is 0. The van der Waals surface area contributed by atoms with Crippen molar-refractivity contribution in [2.24, 2.45) is 11.5 Å². The fraction of sp³-hybridized carbons (Fsp3) is 0.846. The molecule has 0 heterocycles. The van der Waals surface area contributed by atoms with Gasteiger partial charge < -0.3 is 20.9 Å². The molecule has 2 atom stereocenters. The molecule has 6 nitrogen and oxygen atoms in total. The maximum Gasteiger partial charge on any atom is 0.324 e. The number of nitrogens with two attached hydrogens (primary N) is 2. The smallest absolute Gasteiger partial charge is 0.324 e. The number of ether oxygens (including phenoxy) is 2. The number of carbonyl (C=O) groups is 2. The van der Waals surface area contributed by atoms with E-state index in [2.05, 4.69) is 30.0 Å². The van der Waals surface area contributed by atoms with E-state index in [9.17, 15) is 9.59 Å². The minimum atomic E-state index is -0.666. The summed E-state index contributed by atoms with van der Waals surface area (Å²) < 4.78 is 8.10. The van der Waals surface area contributed by atoms with Crippen LogP contribution in [0.25, 0.3) is 0 Å². The van der Waals surface area contributed by atoms with E-state index >= 15 is 0 Å². The van der Waals surface area contributed by atoms with Gasteiger partial charge in [0, 0.05) is 9.49 Å². The molecule has 0 rings (SSSR count). The number of esters is 2. The third kappa shape index (κ3) is 10.00. The molecule has 0 aliphatic rings. The lowest BCUT2D eigenvalue weighted by Crippen LogP contribution is -2.46. The average Bonchev–Trinajstić information content (AvgIpc) is 2.34. The van der Waals surface area contributed by atoms with Crippen molar-refractivity contribution < 1.29 is 19.1 Å². The molecule has 0 bridgehead atoms. The van der Waals surface area contributed by atoms with Crippen LogP contribution in [0.1, 0.15) is 34.6 Å². The Kier molecular flexibility index (Phi) is 10.4. The van der Waals surface area contributed by atoms with Crippen molar-refractivity contribution in [3.63, 3.8) is 0 Å². The molecule has 0 spiro atoms. The Bertz CT molecular complexity index is 338. The standard InChI is InChI=1S/C7H15NO2S.C6H13NO2S/c1-4-10-6(9)5(8)7(2,3)11;1-6(2,10)4(7)5(8)9-3/h5,11H,4,8H2,1-3H3;4,10H,7H2,1-3H3/t5-;4-/m11/s1. The first kappa shape index (κ1) is 22.8. The van der Waals surface area contributed by atoms with Gasteiger partial charge in [0.15, 0.2) is 0 Å². The van der Waals surface area contributed by atoms with Crippen LogP contribution in [0.2, 0.25) is 0 Å². The van der Waals surface area contributed by atoms with Gasteiger partial charge in [-0.25, -0.2) is 0 Å². The van der Waals surface area contributed by atoms with Crippen molar-refractivity contribution in [2.45, 2.75) is 56.2 Å². The fourth-order valence-electron chi connectivity index (χ4n) is 0.936. The van der Waals surface area contributed by atoms with Crippen LogP contribution >= 0.6 is 25.3 Å². The Labute approximate surface area is 138 Å². The number of hydrogen-bond acceptors (Lipinski definition) is 8. The predicted octanol–water partition coefficient (Wildman–Crippen LogP) is 0.780. The van der Waals surface area contributed by atoms with Crippen LogP contribution in [0.3, 0.4) is 0 Å². The van der Waals surface area contributed by atoms with E-state index in [1.165, 1.54) is 7.11 Å². The van der Waals surface area contributed by atoms with Gasteiger partial charge in [-0.2, -0.15) is 25.3 Å². The third-order valence-electron chi connectivity index (χ3n) is 2.52. The maximum atomic E-state index is 11.0. The van der Waals surface area contributed by atoms with Gasteiger partial charge in [0.2, 0.25) is 0 Å². The first-order valence-corrected chi connectivity index (χ1v) is 7.38. The largest absolute Gasteiger partial charge is 0.468 e. The van der Waals surface area contributed by atoms with E-state index in [0.29, 0.717) is 6.61 Å². The second-order valence-electron chi connectivity index (χ2n) is 5.54. The van der Waals surface area contributed by atoms with E-state index in [1.807, 2.05) is 0 Å². The lowest BCUT2D eigenvalue weighted by molar-refractivity contribution is -0.145. The van der Waals surface area contributed by atoms with Crippen LogP contribution in [0.15, 0.2) is 0 Å². The van der Waals surface area contributed by atoms with E-state index < -0.39 is 33.5 Å². The molecular weight excluding hydrogens is 312 g/mol. The SMILES string of the molecule is CCOC(=O)[C@@H](N)C(C)(C)S.COC(=O)[C@@H](N)C(C)(C)S. The Morgan fingerprint density at radius 2 is 1.33 bits per heavy atom. The Morgan fingerprint density at radius 3 is 1.52 bits per heavy atom. The summed E-state index contributed by atoms with van der Waals surface area (Å²) in [5, 5.41) is 0. The number of methoxy groups -OCH3 is 1. The summed E-state index contributed by atoms with van der Waals surface area (Å²) in [5.74, 6) is -0.826. The first-order valence-electron chi connectivity index (χ1n) is 6.49. The molecule has 0 saturated carbocycles. The molecule has 0 unspecified atom stereocenters. The van der Waals surface area contributed by atoms with Gasteiger partial charge >= 0.3 is 11.9 Å². The number of thiol groups is 2. The second-order valence-corrected chi connectivity index (χ2v) is 7.84. The van der Waals surface area contributed by atoms with Crippen molar-refractivity contribution in [3.8, 4) is 0 Å². The van der Waals surface area contributed by atoms with E-state index in [0.717, 1.165) is 0 Å². The highest BCUT2D eigenvalue weighted by Gasteiger charge is 2.29. The van der Waals surface area contributed by atoms with E-state index in [4.69, 9.17) is 16.2 Å². The highest BCUT2D eigenvalue weighted by Crippen LogP contribution is 2.16. The van der Waals surface area contributed by atoms with Crippen LogP contribution in [0, 0.1) is 0 Å². The Morgan fingerprint density at radius 1 is 1.00 bits per heavy atom. The summed E-state index contributed by atoms with van der Waals surface area (Å²) in [6.45, 7) is 9.18. The van der Waals surface area contributed by atoms with Gasteiger partial charge in [-0.1, -0.05) is 0 Å². The van der Waals surface area contributed by atoms with Gasteiger partial charge in [0.1, 0.15) is 12.1 Å². The lowest BCUT2D eigenvalue weighted by atomic mass is 10.1. The van der Waals surface area contributed by atoms with E-state index in [-0.39, 0.29) is 0 Å². The van der Waals surface area contributed by atoms with Gasteiger partial charge in [-0.05, 0) is 34.6 Å². The van der Waals surface area contributed by atoms with Crippen molar-refractivity contribution in [1.29, 1.82) is 0 Å². The van der Waals surface area contributed by atoms with Crippen LogP contribution in [0.4, 0.5) is 0 Å². The molecule has 0 radical (unpaired) electrons. The molecule has 0 saturated heterocycles. The molecule has 8 heteroatoms. The normalized spacial score (nSPS) is 14.4. The predicted molar refractivity (Wildman–Crippen MR) is 90.7 cm³/mol. The van der Waals surface area contributed by atoms with Gasteiger partial charge in [-0.3, -0.25) is 9.59 Å². The van der Waals surface area contributed by atoms with E-state index in [1.54, 1.807) is 34.6 Å². The maximum absolute atomic E-state index is 11.0. The summed E-state index contributed by atoms with van der Waals surface area (Å²) in [4.78, 5) is 21.8. The number of hydrogen-bond donors (Lipinski definition) is 4. The van der Waals surface area contributed by atoms with Crippen molar-refractivity contribution >= 4 is 37.2 Å². The molecular formula is C13H28N2O4S2. The van der Waals surface area contributed by atoms with Crippen LogP contribution < -0.4 is 11.5 Å². The highest BCUT2D eigenvalue weighted by molar-refractivity contribution is 7.82. The molecule has 0 aromatic carbocycles. The molecule has 0 amide bonds. The first-order chi connectivity index (χ1) is 9.28. The number of carbonyl (C=O) groups excluding carboxylic acids is 2. The topological polar surface area (TPSA) is 105 Å². The lowest BCUT2D eigenvalue weighted by Gasteiger charge is -2.23. The minimum absolute atomic E-state index is 0.358. The summed E-state index contributed by atoms with van der Waals surface area (Å²) in [6.07, 6.45) is 0. The summed E-state index contributed by atoms with van der Waals surface area (Å²) in [6, 6.07) is -1.33. The molecule has 0 aromatic heterocycles. The summed E-state index contributed by atoms with van der Waals surface area (Å²) in [5.41, 5.74) is 11.0. The second kappa shape index (κ2) is 9.55. The minimum Gasteiger partial charge on any atom is -0.468 e. The zero-order valence-electron chi connectivity index (χ0n) is 13.5. The summed E-state index contributed by atoms with van der Waals surface area (Å²) >= 11 is 8.27. The third-order valence-corrected chi connectivity index (χ3v) is 3.07. The van der Waals surface area contributed by atoms with Crippen molar-refractivity contribution in [2.75, 3.05) is 13.7 Å². The zero-order valence-corrected chi connectivity index (χ0v) is 15.3. The molecule has 0 aliphatic carbocycles. The molecule has 0 fully saturated rings. The quantitative estimate of drug-likeness (QED) is 0.435. The number of rotatable bonds is 5. The average molecular weight is 341 g/mol. The van der Waals surface area contributed by atoms with Gasteiger partial charge in [0.25, 0.3) is 0 Å². The van der Waals surface area contributed by atoms with Crippen LogP contribution in [-0.4, -0.2) is 47.2 Å². The van der Waals surface area contributed by atoms with Crippen LogP contribution in [-0.2, 0) is 19.1 Å². The van der Waals surface area contributed by atoms with Gasteiger partial charge in [-0.15, -0.1) is 0 Å².